The summed E-state index contributed by atoms with van der Waals surface area (Å²) in [5.41, 5.74) is 1.49. The van der Waals surface area contributed by atoms with E-state index in [0.717, 1.165) is 31.7 Å². The molecule has 1 saturated heterocycles. The molecule has 118 valence electrons. The number of nitrogens with zero attached hydrogens (tertiary/aromatic N) is 1. The lowest BCUT2D eigenvalue weighted by molar-refractivity contribution is -0.121. The number of anilines is 2. The number of carbonyl (C=O) groups is 2. The van der Waals surface area contributed by atoms with Crippen molar-refractivity contribution in [2.45, 2.75) is 30.3 Å². The van der Waals surface area contributed by atoms with Crippen LogP contribution in [0.1, 0.15) is 19.8 Å². The molecule has 0 aliphatic carbocycles. The molecule has 0 unspecified atom stereocenters. The van der Waals surface area contributed by atoms with Gasteiger partial charge in [-0.15, -0.1) is 11.8 Å². The Morgan fingerprint density at radius 1 is 1.36 bits per heavy atom. The van der Waals surface area contributed by atoms with Gasteiger partial charge in [-0.1, -0.05) is 12.1 Å². The van der Waals surface area contributed by atoms with E-state index in [1.807, 2.05) is 31.2 Å². The van der Waals surface area contributed by atoms with E-state index in [2.05, 4.69) is 5.32 Å². The van der Waals surface area contributed by atoms with Gasteiger partial charge in [0.2, 0.25) is 11.8 Å². The summed E-state index contributed by atoms with van der Waals surface area (Å²) in [6, 6.07) is 7.43. The predicted octanol–water partition coefficient (Wildman–Crippen LogP) is 2.27. The maximum absolute atomic E-state index is 12.8. The third-order valence-electron chi connectivity index (χ3n) is 3.95. The molecule has 1 aromatic rings. The topological polar surface area (TPSA) is 58.6 Å². The van der Waals surface area contributed by atoms with Crippen molar-refractivity contribution in [1.82, 2.24) is 0 Å². The minimum absolute atomic E-state index is 0.00112. The quantitative estimate of drug-likeness (QED) is 0.928. The highest BCUT2D eigenvalue weighted by molar-refractivity contribution is 8.01. The summed E-state index contributed by atoms with van der Waals surface area (Å²) in [5, 5.41) is 3.10. The van der Waals surface area contributed by atoms with E-state index in [1.54, 1.807) is 16.7 Å². The zero-order valence-corrected chi connectivity index (χ0v) is 13.4. The molecule has 1 N–H and O–H groups in total. The molecule has 0 radical (unpaired) electrons. The second-order valence-corrected chi connectivity index (χ2v) is 7.23. The lowest BCUT2D eigenvalue weighted by Gasteiger charge is -2.32. The van der Waals surface area contributed by atoms with Crippen molar-refractivity contribution < 1.29 is 14.3 Å². The van der Waals surface area contributed by atoms with E-state index in [1.165, 1.54) is 0 Å². The summed E-state index contributed by atoms with van der Waals surface area (Å²) in [4.78, 5) is 26.2. The molecule has 2 aliphatic rings. The smallest absolute Gasteiger partial charge is 0.244 e. The normalized spacial score (nSPS) is 20.2. The molecular weight excluding hydrogens is 300 g/mol. The van der Waals surface area contributed by atoms with Gasteiger partial charge >= 0.3 is 0 Å². The maximum Gasteiger partial charge on any atom is 0.244 e. The van der Waals surface area contributed by atoms with Crippen LogP contribution in [0, 0.1) is 0 Å². The summed E-state index contributed by atoms with van der Waals surface area (Å²) in [6.45, 7) is 3.56. The molecule has 1 aromatic carbocycles. The SMILES string of the molecule is C[C@H](SC1CCOCC1)C(=O)N1CC(=O)Nc2ccccc21. The van der Waals surface area contributed by atoms with Crippen LogP contribution in [-0.4, -0.2) is 42.1 Å². The molecule has 0 spiro atoms. The molecule has 2 aliphatic heterocycles. The van der Waals surface area contributed by atoms with Gasteiger partial charge in [0.15, 0.2) is 0 Å². The van der Waals surface area contributed by atoms with Crippen molar-refractivity contribution in [2.24, 2.45) is 0 Å². The summed E-state index contributed by atoms with van der Waals surface area (Å²) < 4.78 is 5.36. The third kappa shape index (κ3) is 3.28. The summed E-state index contributed by atoms with van der Waals surface area (Å²) >= 11 is 1.70. The number of ether oxygens (including phenoxy) is 1. The van der Waals surface area contributed by atoms with Crippen molar-refractivity contribution in [2.75, 3.05) is 30.0 Å². The summed E-state index contributed by atoms with van der Waals surface area (Å²) in [6.07, 6.45) is 1.97. The van der Waals surface area contributed by atoms with Gasteiger partial charge in [0.05, 0.1) is 16.6 Å². The van der Waals surface area contributed by atoms with Crippen molar-refractivity contribution >= 4 is 35.0 Å². The van der Waals surface area contributed by atoms with Crippen LogP contribution >= 0.6 is 11.8 Å². The first-order chi connectivity index (χ1) is 10.6. The molecule has 2 amide bonds. The second kappa shape index (κ2) is 6.71. The fourth-order valence-electron chi connectivity index (χ4n) is 2.81. The van der Waals surface area contributed by atoms with Gasteiger partial charge in [-0.2, -0.15) is 0 Å². The Hall–Kier alpha value is -1.53. The third-order valence-corrected chi connectivity index (χ3v) is 5.42. The lowest BCUT2D eigenvalue weighted by atomic mass is 10.2. The van der Waals surface area contributed by atoms with Gasteiger partial charge in [0.1, 0.15) is 6.54 Å². The fraction of sp³-hybridized carbons (Fsp3) is 0.500. The van der Waals surface area contributed by atoms with Gasteiger partial charge in [0, 0.05) is 18.5 Å². The largest absolute Gasteiger partial charge is 0.381 e. The van der Waals surface area contributed by atoms with Crippen LogP contribution in [0.4, 0.5) is 11.4 Å². The number of fused-ring (bicyclic) bond motifs is 1. The molecule has 6 heteroatoms. The van der Waals surface area contributed by atoms with Crippen molar-refractivity contribution in [3.05, 3.63) is 24.3 Å². The molecule has 0 bridgehead atoms. The zero-order chi connectivity index (χ0) is 15.5. The number of amides is 2. The minimum Gasteiger partial charge on any atom is -0.381 e. The Morgan fingerprint density at radius 2 is 2.09 bits per heavy atom. The molecule has 2 heterocycles. The number of rotatable bonds is 3. The van der Waals surface area contributed by atoms with Crippen LogP contribution in [0.15, 0.2) is 24.3 Å². The predicted molar refractivity (Wildman–Crippen MR) is 88.3 cm³/mol. The first-order valence-corrected chi connectivity index (χ1v) is 8.53. The Kier molecular flexibility index (Phi) is 4.69. The highest BCUT2D eigenvalue weighted by Crippen LogP contribution is 2.32. The van der Waals surface area contributed by atoms with Gasteiger partial charge in [-0.25, -0.2) is 0 Å². The maximum atomic E-state index is 12.8. The summed E-state index contributed by atoms with van der Waals surface area (Å²) in [7, 11) is 0. The van der Waals surface area contributed by atoms with E-state index in [-0.39, 0.29) is 23.6 Å². The van der Waals surface area contributed by atoms with Crippen LogP contribution in [0.3, 0.4) is 0 Å². The van der Waals surface area contributed by atoms with Gasteiger partial charge in [-0.05, 0) is 31.9 Å². The number of thioether (sulfide) groups is 1. The van der Waals surface area contributed by atoms with Gasteiger partial charge < -0.3 is 10.1 Å². The standard InChI is InChI=1S/C16H20N2O3S/c1-11(22-12-6-8-21-9-7-12)16(20)18-10-15(19)17-13-4-2-3-5-14(13)18/h2-5,11-12H,6-10H2,1H3,(H,17,19)/t11-/m0/s1. The number of carbonyl (C=O) groups excluding carboxylic acids is 2. The second-order valence-electron chi connectivity index (χ2n) is 5.58. The average molecular weight is 320 g/mol. The molecule has 1 atom stereocenters. The van der Waals surface area contributed by atoms with Crippen LogP contribution in [-0.2, 0) is 14.3 Å². The first kappa shape index (κ1) is 15.4. The van der Waals surface area contributed by atoms with Crippen molar-refractivity contribution in [1.29, 1.82) is 0 Å². The van der Waals surface area contributed by atoms with Crippen molar-refractivity contribution in [3.63, 3.8) is 0 Å². The van der Waals surface area contributed by atoms with Crippen molar-refractivity contribution in [3.8, 4) is 0 Å². The number of para-hydroxylation sites is 2. The number of nitrogens with one attached hydrogen (secondary N) is 1. The van der Waals surface area contributed by atoms with E-state index < -0.39 is 0 Å². The molecule has 0 aromatic heterocycles. The van der Waals surface area contributed by atoms with Crippen LogP contribution in [0.2, 0.25) is 0 Å². The zero-order valence-electron chi connectivity index (χ0n) is 12.6. The Bertz CT molecular complexity index is 572. The lowest BCUT2D eigenvalue weighted by Crippen LogP contribution is -2.45. The Labute approximate surface area is 134 Å². The van der Waals surface area contributed by atoms with Gasteiger partial charge in [-0.3, -0.25) is 14.5 Å². The molecule has 5 nitrogen and oxygen atoms in total. The molecule has 3 rings (SSSR count). The van der Waals surface area contributed by atoms with E-state index in [9.17, 15) is 9.59 Å². The Morgan fingerprint density at radius 3 is 2.86 bits per heavy atom. The number of hydrogen-bond donors (Lipinski definition) is 1. The average Bonchev–Trinajstić information content (AvgIpc) is 2.54. The van der Waals surface area contributed by atoms with Crippen LogP contribution in [0.5, 0.6) is 0 Å². The van der Waals surface area contributed by atoms with E-state index in [0.29, 0.717) is 10.9 Å². The highest BCUT2D eigenvalue weighted by Gasteiger charge is 2.31. The molecule has 22 heavy (non-hydrogen) atoms. The minimum atomic E-state index is -0.165. The number of benzene rings is 1. The first-order valence-electron chi connectivity index (χ1n) is 7.58. The highest BCUT2D eigenvalue weighted by atomic mass is 32.2. The Balaban J connectivity index is 1.72. The summed E-state index contributed by atoms with van der Waals surface area (Å²) in [5.74, 6) is -0.144. The van der Waals surface area contributed by atoms with Gasteiger partial charge in [0.25, 0.3) is 0 Å². The number of hydrogen-bond acceptors (Lipinski definition) is 4. The van der Waals surface area contributed by atoms with E-state index in [4.69, 9.17) is 4.74 Å². The van der Waals surface area contributed by atoms with Crippen LogP contribution < -0.4 is 10.2 Å². The fourth-order valence-corrected chi connectivity index (χ4v) is 4.09. The van der Waals surface area contributed by atoms with E-state index >= 15 is 0 Å². The molecule has 0 saturated carbocycles. The molecule has 1 fully saturated rings. The van der Waals surface area contributed by atoms with Crippen LogP contribution in [0.25, 0.3) is 0 Å². The monoisotopic (exact) mass is 320 g/mol. The molecular formula is C16H20N2O3S.